The van der Waals surface area contributed by atoms with E-state index < -0.39 is 0 Å². The first-order valence-electron chi connectivity index (χ1n) is 8.13. The lowest BCUT2D eigenvalue weighted by Crippen LogP contribution is -2.34. The summed E-state index contributed by atoms with van der Waals surface area (Å²) in [5.41, 5.74) is 1.97. The number of nitrogens with one attached hydrogen (secondary N) is 2. The predicted octanol–water partition coefficient (Wildman–Crippen LogP) is 2.69. The van der Waals surface area contributed by atoms with E-state index in [0.717, 1.165) is 42.9 Å². The fraction of sp³-hybridized carbons (Fsp3) is 0.529. The van der Waals surface area contributed by atoms with Gasteiger partial charge in [0.15, 0.2) is 0 Å². The minimum Gasteiger partial charge on any atom is -0.355 e. The molecular formula is C17H26Cl2N4O. The van der Waals surface area contributed by atoms with Crippen molar-refractivity contribution in [2.45, 2.75) is 32.7 Å². The molecule has 1 fully saturated rings. The van der Waals surface area contributed by atoms with E-state index in [9.17, 15) is 4.79 Å². The van der Waals surface area contributed by atoms with Gasteiger partial charge in [0.25, 0.3) is 0 Å². The van der Waals surface area contributed by atoms with Crippen LogP contribution in [-0.2, 0) is 11.3 Å². The highest BCUT2D eigenvalue weighted by atomic mass is 35.5. The molecule has 1 aromatic carbocycles. The molecule has 1 saturated heterocycles. The van der Waals surface area contributed by atoms with Gasteiger partial charge in [0.05, 0.1) is 11.0 Å². The Bertz CT molecular complexity index is 653. The predicted molar refractivity (Wildman–Crippen MR) is 102 cm³/mol. The summed E-state index contributed by atoms with van der Waals surface area (Å²) in [6.07, 6.45) is 3.58. The van der Waals surface area contributed by atoms with Crippen molar-refractivity contribution in [1.29, 1.82) is 0 Å². The Morgan fingerprint density at radius 2 is 2.17 bits per heavy atom. The van der Waals surface area contributed by atoms with Crippen LogP contribution in [0.15, 0.2) is 24.3 Å². The van der Waals surface area contributed by atoms with Gasteiger partial charge < -0.3 is 15.2 Å². The van der Waals surface area contributed by atoms with E-state index in [1.54, 1.807) is 0 Å². The lowest BCUT2D eigenvalue weighted by molar-refractivity contribution is -0.121. The van der Waals surface area contributed by atoms with Gasteiger partial charge in [0.1, 0.15) is 12.4 Å². The van der Waals surface area contributed by atoms with E-state index in [4.69, 9.17) is 0 Å². The van der Waals surface area contributed by atoms with Crippen molar-refractivity contribution in [2.75, 3.05) is 19.6 Å². The molecule has 1 atom stereocenters. The zero-order valence-electron chi connectivity index (χ0n) is 14.0. The smallest absolute Gasteiger partial charge is 0.240 e. The summed E-state index contributed by atoms with van der Waals surface area (Å²) in [5.74, 6) is 1.65. The van der Waals surface area contributed by atoms with Crippen molar-refractivity contribution in [3.63, 3.8) is 0 Å². The molecule has 0 spiro atoms. The quantitative estimate of drug-likeness (QED) is 0.847. The first kappa shape index (κ1) is 20.7. The second kappa shape index (κ2) is 9.87. The highest BCUT2D eigenvalue weighted by Gasteiger charge is 2.14. The van der Waals surface area contributed by atoms with Crippen LogP contribution in [-0.4, -0.2) is 35.1 Å². The Morgan fingerprint density at radius 1 is 1.38 bits per heavy atom. The molecule has 2 aromatic rings. The molecule has 24 heavy (non-hydrogen) atoms. The number of amides is 1. The number of hydrogen-bond acceptors (Lipinski definition) is 3. The molecule has 0 saturated carbocycles. The summed E-state index contributed by atoms with van der Waals surface area (Å²) >= 11 is 0. The van der Waals surface area contributed by atoms with E-state index in [-0.39, 0.29) is 30.7 Å². The van der Waals surface area contributed by atoms with Crippen molar-refractivity contribution >= 4 is 41.8 Å². The fourth-order valence-corrected chi connectivity index (χ4v) is 3.18. The lowest BCUT2D eigenvalue weighted by atomic mass is 9.96. The van der Waals surface area contributed by atoms with Crippen LogP contribution < -0.4 is 10.6 Å². The molecular weight excluding hydrogens is 347 g/mol. The number of imidazole rings is 1. The summed E-state index contributed by atoms with van der Waals surface area (Å²) < 4.78 is 1.98. The van der Waals surface area contributed by atoms with Crippen LogP contribution in [0, 0.1) is 12.8 Å². The van der Waals surface area contributed by atoms with E-state index >= 15 is 0 Å². The van der Waals surface area contributed by atoms with Crippen LogP contribution in [0.25, 0.3) is 11.0 Å². The van der Waals surface area contributed by atoms with Crippen molar-refractivity contribution in [3.05, 3.63) is 30.1 Å². The number of piperidine rings is 1. The highest BCUT2D eigenvalue weighted by molar-refractivity contribution is 5.85. The van der Waals surface area contributed by atoms with Crippen LogP contribution in [0.3, 0.4) is 0 Å². The molecule has 0 radical (unpaired) electrons. The molecule has 3 rings (SSSR count). The number of aromatic nitrogens is 2. The molecule has 1 aliphatic rings. The highest BCUT2D eigenvalue weighted by Crippen LogP contribution is 2.15. The molecule has 2 heterocycles. The van der Waals surface area contributed by atoms with Gasteiger partial charge in [-0.15, -0.1) is 24.8 Å². The molecule has 0 bridgehead atoms. The maximum Gasteiger partial charge on any atom is 0.240 e. The van der Waals surface area contributed by atoms with Crippen LogP contribution in [0.2, 0.25) is 0 Å². The average Bonchev–Trinajstić information content (AvgIpc) is 2.84. The Morgan fingerprint density at radius 3 is 2.92 bits per heavy atom. The van der Waals surface area contributed by atoms with E-state index in [0.29, 0.717) is 12.5 Å². The number of rotatable bonds is 5. The molecule has 1 aliphatic heterocycles. The van der Waals surface area contributed by atoms with E-state index in [1.807, 2.05) is 35.8 Å². The third-order valence-corrected chi connectivity index (χ3v) is 4.42. The average molecular weight is 373 g/mol. The van der Waals surface area contributed by atoms with Crippen molar-refractivity contribution < 1.29 is 4.79 Å². The Balaban J connectivity index is 0.00000144. The first-order valence-corrected chi connectivity index (χ1v) is 8.13. The number of fused-ring (bicyclic) bond motifs is 1. The molecule has 1 unspecified atom stereocenters. The molecule has 5 nitrogen and oxygen atoms in total. The zero-order valence-corrected chi connectivity index (χ0v) is 15.6. The minimum absolute atomic E-state index is 0. The number of carbonyl (C=O) groups is 1. The summed E-state index contributed by atoms with van der Waals surface area (Å²) in [5, 5.41) is 6.46. The third-order valence-electron chi connectivity index (χ3n) is 4.42. The molecule has 0 aliphatic carbocycles. The maximum atomic E-state index is 12.2. The van der Waals surface area contributed by atoms with Gasteiger partial charge in [-0.2, -0.15) is 0 Å². The van der Waals surface area contributed by atoms with Gasteiger partial charge in [-0.25, -0.2) is 4.98 Å². The van der Waals surface area contributed by atoms with Gasteiger partial charge in [-0.3, -0.25) is 4.79 Å². The molecule has 2 N–H and O–H groups in total. The van der Waals surface area contributed by atoms with Crippen molar-refractivity contribution in [1.82, 2.24) is 20.2 Å². The monoisotopic (exact) mass is 372 g/mol. The number of nitrogens with zero attached hydrogens (tertiary/aromatic N) is 2. The van der Waals surface area contributed by atoms with E-state index in [2.05, 4.69) is 15.6 Å². The third kappa shape index (κ3) is 5.10. The lowest BCUT2D eigenvalue weighted by Gasteiger charge is -2.22. The SMILES string of the molecule is Cc1nc2ccccc2n1CC(=O)NCCC1CCCNC1.Cl.Cl. The summed E-state index contributed by atoms with van der Waals surface area (Å²) in [6.45, 7) is 5.27. The largest absolute Gasteiger partial charge is 0.355 e. The zero-order chi connectivity index (χ0) is 15.4. The van der Waals surface area contributed by atoms with Crippen molar-refractivity contribution in [2.24, 2.45) is 5.92 Å². The van der Waals surface area contributed by atoms with Gasteiger partial charge in [0.2, 0.25) is 5.91 Å². The van der Waals surface area contributed by atoms with Gasteiger partial charge in [-0.1, -0.05) is 12.1 Å². The van der Waals surface area contributed by atoms with Crippen LogP contribution in [0.4, 0.5) is 0 Å². The maximum absolute atomic E-state index is 12.2. The Labute approximate surface area is 155 Å². The minimum atomic E-state index is 0. The van der Waals surface area contributed by atoms with Gasteiger partial charge in [-0.05, 0) is 57.3 Å². The fourth-order valence-electron chi connectivity index (χ4n) is 3.18. The van der Waals surface area contributed by atoms with Crippen molar-refractivity contribution in [3.8, 4) is 0 Å². The summed E-state index contributed by atoms with van der Waals surface area (Å²) in [7, 11) is 0. The van der Waals surface area contributed by atoms with E-state index in [1.165, 1.54) is 12.8 Å². The molecule has 134 valence electrons. The first-order chi connectivity index (χ1) is 10.7. The number of hydrogen-bond donors (Lipinski definition) is 2. The van der Waals surface area contributed by atoms with Gasteiger partial charge in [0, 0.05) is 6.54 Å². The summed E-state index contributed by atoms with van der Waals surface area (Å²) in [6, 6.07) is 7.94. The number of carbonyl (C=O) groups excluding carboxylic acids is 1. The number of para-hydroxylation sites is 2. The normalized spacial score (nSPS) is 17.0. The van der Waals surface area contributed by atoms with Crippen LogP contribution in [0.1, 0.15) is 25.1 Å². The molecule has 7 heteroatoms. The number of aryl methyl sites for hydroxylation is 1. The van der Waals surface area contributed by atoms with Crippen LogP contribution in [0.5, 0.6) is 0 Å². The molecule has 1 aromatic heterocycles. The molecule has 1 amide bonds. The Hall–Kier alpha value is -1.30. The standard InChI is InChI=1S/C17H24N4O.2ClH/c1-13-20-15-6-2-3-7-16(15)21(13)12-17(22)19-10-8-14-5-4-9-18-11-14;;/h2-3,6-7,14,18H,4-5,8-12H2,1H3,(H,19,22);2*1H. The van der Waals surface area contributed by atoms with Gasteiger partial charge >= 0.3 is 0 Å². The summed E-state index contributed by atoms with van der Waals surface area (Å²) in [4.78, 5) is 16.7. The van der Waals surface area contributed by atoms with Crippen LogP contribution >= 0.6 is 24.8 Å². The number of benzene rings is 1. The second-order valence-electron chi connectivity index (χ2n) is 6.08. The Kier molecular flexibility index (Phi) is 8.53. The topological polar surface area (TPSA) is 59.0 Å². The second-order valence-corrected chi connectivity index (χ2v) is 6.08. The number of halogens is 2.